The van der Waals surface area contributed by atoms with Crippen LogP contribution < -0.4 is 15.6 Å². The number of hydrogen-bond donors (Lipinski definition) is 1. The average Bonchev–Trinajstić information content (AvgIpc) is 2.51. The highest BCUT2D eigenvalue weighted by Crippen LogP contribution is 2.31. The second-order valence-electron chi connectivity index (χ2n) is 4.68. The summed E-state index contributed by atoms with van der Waals surface area (Å²) in [6.45, 7) is 4.23. The molecule has 2 aromatic rings. The first kappa shape index (κ1) is 17.0. The molecule has 1 aromatic carbocycles. The van der Waals surface area contributed by atoms with E-state index >= 15 is 0 Å². The van der Waals surface area contributed by atoms with Gasteiger partial charge in [0.25, 0.3) is 5.56 Å². The van der Waals surface area contributed by atoms with Gasteiger partial charge in [-0.2, -0.15) is 0 Å². The minimum atomic E-state index is -0.659. The van der Waals surface area contributed by atoms with E-state index in [1.54, 1.807) is 13.8 Å². The molecule has 0 bridgehead atoms. The number of halogens is 2. The number of ether oxygens (including phenoxy) is 1. The van der Waals surface area contributed by atoms with Crippen molar-refractivity contribution in [1.82, 2.24) is 9.88 Å². The Labute approximate surface area is 137 Å². The van der Waals surface area contributed by atoms with Crippen LogP contribution in [0.25, 0.3) is 11.3 Å². The van der Waals surface area contributed by atoms with Crippen LogP contribution in [0.3, 0.4) is 0 Å². The number of carbonyl (C=O) groups excluding carboxylic acids is 1. The van der Waals surface area contributed by atoms with Gasteiger partial charge in [-0.15, -0.1) is 0 Å². The van der Waals surface area contributed by atoms with Gasteiger partial charge < -0.3 is 14.6 Å². The highest BCUT2D eigenvalue weighted by atomic mass is 35.5. The molecule has 1 amide bonds. The van der Waals surface area contributed by atoms with Gasteiger partial charge in [0, 0.05) is 24.7 Å². The Kier molecular flexibility index (Phi) is 5.39. The van der Waals surface area contributed by atoms with Crippen LogP contribution in [0.1, 0.15) is 13.8 Å². The third-order valence-corrected chi connectivity index (χ3v) is 3.44. The maximum Gasteiger partial charge on any atom is 0.412 e. The van der Waals surface area contributed by atoms with Crippen LogP contribution in [0.5, 0.6) is 5.75 Å². The molecule has 122 valence electrons. The molecule has 0 unspecified atom stereocenters. The Morgan fingerprint density at radius 2 is 1.96 bits per heavy atom. The fraction of sp³-hybridized carbons (Fsp3) is 0.250. The van der Waals surface area contributed by atoms with Crippen molar-refractivity contribution in [2.45, 2.75) is 20.4 Å². The monoisotopic (exact) mass is 338 g/mol. The van der Waals surface area contributed by atoms with Gasteiger partial charge in [-0.3, -0.25) is 4.79 Å². The van der Waals surface area contributed by atoms with E-state index < -0.39 is 17.5 Å². The molecule has 1 N–H and O–H groups in total. The van der Waals surface area contributed by atoms with E-state index in [-0.39, 0.29) is 10.8 Å². The van der Waals surface area contributed by atoms with Crippen molar-refractivity contribution in [3.63, 3.8) is 0 Å². The lowest BCUT2D eigenvalue weighted by molar-refractivity contribution is 0.201. The van der Waals surface area contributed by atoms with Crippen LogP contribution in [0.4, 0.5) is 9.18 Å². The minimum Gasteiger partial charge on any atom is -0.408 e. The zero-order valence-electron chi connectivity index (χ0n) is 12.7. The van der Waals surface area contributed by atoms with E-state index in [4.69, 9.17) is 16.3 Å². The number of aromatic nitrogens is 1. The molecule has 1 heterocycles. The average molecular weight is 339 g/mol. The van der Waals surface area contributed by atoms with Gasteiger partial charge in [-0.25, -0.2) is 9.18 Å². The van der Waals surface area contributed by atoms with Gasteiger partial charge in [0.05, 0.1) is 5.69 Å². The Hall–Kier alpha value is -2.34. The summed E-state index contributed by atoms with van der Waals surface area (Å²) in [5, 5.41) is 2.44. The number of pyridine rings is 1. The van der Waals surface area contributed by atoms with E-state index in [9.17, 15) is 14.0 Å². The maximum absolute atomic E-state index is 13.2. The normalized spacial score (nSPS) is 10.4. The summed E-state index contributed by atoms with van der Waals surface area (Å²) in [7, 11) is 0. The van der Waals surface area contributed by atoms with Gasteiger partial charge in [0.1, 0.15) is 10.8 Å². The number of rotatable bonds is 4. The molecule has 0 spiro atoms. The van der Waals surface area contributed by atoms with Gasteiger partial charge in [-0.1, -0.05) is 11.6 Å². The lowest BCUT2D eigenvalue weighted by Gasteiger charge is -2.16. The van der Waals surface area contributed by atoms with E-state index in [0.29, 0.717) is 24.3 Å². The number of amides is 1. The van der Waals surface area contributed by atoms with E-state index in [0.717, 1.165) is 0 Å². The Balaban J connectivity index is 2.64. The summed E-state index contributed by atoms with van der Waals surface area (Å²) in [4.78, 5) is 23.9. The van der Waals surface area contributed by atoms with Gasteiger partial charge in [0.15, 0.2) is 5.75 Å². The molecular weight excluding hydrogens is 323 g/mol. The summed E-state index contributed by atoms with van der Waals surface area (Å²) < 4.78 is 19.8. The molecule has 0 atom stereocenters. The second-order valence-corrected chi connectivity index (χ2v) is 5.09. The van der Waals surface area contributed by atoms with Crippen LogP contribution >= 0.6 is 11.6 Å². The fourth-order valence-corrected chi connectivity index (χ4v) is 2.38. The number of nitrogens with one attached hydrogen (secondary N) is 1. The standard InChI is InChI=1S/C16H16ClFN2O3/c1-3-19-16(22)23-13-9-12(17)15(21)20(4-2)14(13)10-5-7-11(18)8-6-10/h5-9H,3-4H2,1-2H3,(H,19,22). The van der Waals surface area contributed by atoms with Gasteiger partial charge in [-0.05, 0) is 38.1 Å². The Morgan fingerprint density at radius 3 is 2.52 bits per heavy atom. The van der Waals surface area contributed by atoms with Crippen LogP contribution in [0.15, 0.2) is 35.1 Å². The maximum atomic E-state index is 13.2. The summed E-state index contributed by atoms with van der Waals surface area (Å²) in [6.07, 6.45) is -0.659. The zero-order valence-corrected chi connectivity index (χ0v) is 13.5. The Bertz CT molecular complexity index is 772. The summed E-state index contributed by atoms with van der Waals surface area (Å²) in [5.41, 5.74) is 0.506. The summed E-state index contributed by atoms with van der Waals surface area (Å²) >= 11 is 5.94. The van der Waals surface area contributed by atoms with Gasteiger partial charge >= 0.3 is 6.09 Å². The number of hydrogen-bond acceptors (Lipinski definition) is 3. The van der Waals surface area contributed by atoms with E-state index in [2.05, 4.69) is 5.32 Å². The number of nitrogens with zero attached hydrogens (tertiary/aromatic N) is 1. The first-order valence-electron chi connectivity index (χ1n) is 7.12. The molecule has 0 aliphatic heterocycles. The van der Waals surface area contributed by atoms with E-state index in [1.807, 2.05) is 0 Å². The van der Waals surface area contributed by atoms with Crippen LogP contribution in [-0.4, -0.2) is 17.2 Å². The molecule has 1 aromatic heterocycles. The fourth-order valence-electron chi connectivity index (χ4n) is 2.17. The van der Waals surface area contributed by atoms with Gasteiger partial charge in [0.2, 0.25) is 0 Å². The highest BCUT2D eigenvalue weighted by molar-refractivity contribution is 6.30. The molecule has 2 rings (SSSR count). The first-order valence-corrected chi connectivity index (χ1v) is 7.50. The number of benzene rings is 1. The molecule has 23 heavy (non-hydrogen) atoms. The predicted octanol–water partition coefficient (Wildman–Crippen LogP) is 3.44. The highest BCUT2D eigenvalue weighted by Gasteiger charge is 2.18. The van der Waals surface area contributed by atoms with Crippen molar-refractivity contribution >= 4 is 17.7 Å². The molecule has 0 radical (unpaired) electrons. The molecule has 0 aliphatic rings. The zero-order chi connectivity index (χ0) is 17.0. The summed E-state index contributed by atoms with van der Waals surface area (Å²) in [5.74, 6) is -0.270. The van der Waals surface area contributed by atoms with Crippen molar-refractivity contribution < 1.29 is 13.9 Å². The molecule has 5 nitrogen and oxygen atoms in total. The molecule has 0 aliphatic carbocycles. The largest absolute Gasteiger partial charge is 0.412 e. The predicted molar refractivity (Wildman–Crippen MR) is 86.5 cm³/mol. The first-order chi connectivity index (χ1) is 11.0. The van der Waals surface area contributed by atoms with Crippen LogP contribution in [-0.2, 0) is 6.54 Å². The van der Waals surface area contributed by atoms with Crippen molar-refractivity contribution in [2.24, 2.45) is 0 Å². The van der Waals surface area contributed by atoms with Crippen molar-refractivity contribution in [3.8, 4) is 17.0 Å². The molecule has 7 heteroatoms. The Morgan fingerprint density at radius 1 is 1.30 bits per heavy atom. The quantitative estimate of drug-likeness (QED) is 0.929. The third-order valence-electron chi connectivity index (χ3n) is 3.17. The molecule has 0 saturated carbocycles. The summed E-state index contributed by atoms with van der Waals surface area (Å²) in [6, 6.07) is 6.85. The third kappa shape index (κ3) is 3.71. The molecule has 0 fully saturated rings. The lowest BCUT2D eigenvalue weighted by Crippen LogP contribution is -2.28. The second kappa shape index (κ2) is 7.28. The lowest BCUT2D eigenvalue weighted by atomic mass is 10.1. The van der Waals surface area contributed by atoms with Crippen molar-refractivity contribution in [2.75, 3.05) is 6.54 Å². The van der Waals surface area contributed by atoms with Crippen LogP contribution in [0, 0.1) is 5.82 Å². The smallest absolute Gasteiger partial charge is 0.408 e. The van der Waals surface area contributed by atoms with E-state index in [1.165, 1.54) is 34.9 Å². The molecule has 0 saturated heterocycles. The van der Waals surface area contributed by atoms with Crippen molar-refractivity contribution in [3.05, 3.63) is 51.5 Å². The topological polar surface area (TPSA) is 60.3 Å². The molecular formula is C16H16ClFN2O3. The van der Waals surface area contributed by atoms with Crippen LogP contribution in [0.2, 0.25) is 5.02 Å². The number of carbonyl (C=O) groups is 1. The van der Waals surface area contributed by atoms with Crippen molar-refractivity contribution in [1.29, 1.82) is 0 Å². The SMILES string of the molecule is CCNC(=O)Oc1cc(Cl)c(=O)n(CC)c1-c1ccc(F)cc1. The minimum absolute atomic E-state index is 0.0583.